The van der Waals surface area contributed by atoms with E-state index in [0.29, 0.717) is 13.0 Å². The van der Waals surface area contributed by atoms with E-state index in [-0.39, 0.29) is 17.3 Å². The van der Waals surface area contributed by atoms with E-state index < -0.39 is 5.97 Å². The normalized spacial score (nSPS) is 30.8. The Balaban J connectivity index is 1.38. The SMILES string of the molecule is O=C(O)CC1(CSCC2COC3(CCCC3)O2)CC1. The van der Waals surface area contributed by atoms with Crippen molar-refractivity contribution in [2.24, 2.45) is 5.41 Å². The summed E-state index contributed by atoms with van der Waals surface area (Å²) in [6.45, 7) is 0.707. The molecular weight excluding hydrogens is 264 g/mol. The van der Waals surface area contributed by atoms with Gasteiger partial charge in [-0.15, -0.1) is 0 Å². The van der Waals surface area contributed by atoms with Crippen molar-refractivity contribution in [3.8, 4) is 0 Å². The van der Waals surface area contributed by atoms with Crippen LogP contribution in [0.4, 0.5) is 0 Å². The topological polar surface area (TPSA) is 55.8 Å². The molecule has 3 aliphatic rings. The lowest BCUT2D eigenvalue weighted by Gasteiger charge is -2.22. The first-order chi connectivity index (χ1) is 9.12. The molecule has 0 aromatic rings. The van der Waals surface area contributed by atoms with Gasteiger partial charge >= 0.3 is 5.97 Å². The predicted molar refractivity (Wildman–Crippen MR) is 73.3 cm³/mol. The Labute approximate surface area is 118 Å². The molecule has 3 fully saturated rings. The van der Waals surface area contributed by atoms with Gasteiger partial charge in [-0.2, -0.15) is 11.8 Å². The fourth-order valence-electron chi connectivity index (χ4n) is 3.15. The summed E-state index contributed by atoms with van der Waals surface area (Å²) in [4.78, 5) is 10.8. The summed E-state index contributed by atoms with van der Waals surface area (Å²) in [5.41, 5.74) is 0.0843. The standard InChI is InChI=1S/C14H22O4S/c15-12(16)7-13(5-6-13)10-19-9-11-8-17-14(18-11)3-1-2-4-14/h11H,1-10H2,(H,15,16). The van der Waals surface area contributed by atoms with E-state index >= 15 is 0 Å². The highest BCUT2D eigenvalue weighted by atomic mass is 32.2. The van der Waals surface area contributed by atoms with Crippen molar-refractivity contribution in [2.75, 3.05) is 18.1 Å². The van der Waals surface area contributed by atoms with Crippen LogP contribution in [-0.2, 0) is 14.3 Å². The average Bonchev–Trinajstić information content (AvgIpc) is 2.82. The molecule has 1 spiro atoms. The second kappa shape index (κ2) is 5.26. The van der Waals surface area contributed by atoms with Gasteiger partial charge in [0, 0.05) is 18.6 Å². The Hall–Kier alpha value is -0.260. The smallest absolute Gasteiger partial charge is 0.303 e. The molecule has 1 saturated heterocycles. The molecule has 19 heavy (non-hydrogen) atoms. The second-order valence-corrected chi connectivity index (χ2v) is 7.28. The minimum atomic E-state index is -0.663. The first-order valence-corrected chi connectivity index (χ1v) is 8.38. The van der Waals surface area contributed by atoms with Gasteiger partial charge in [0.2, 0.25) is 0 Å². The van der Waals surface area contributed by atoms with Crippen LogP contribution in [0, 0.1) is 5.41 Å². The van der Waals surface area contributed by atoms with Crippen LogP contribution >= 0.6 is 11.8 Å². The van der Waals surface area contributed by atoms with E-state index in [2.05, 4.69) is 0 Å². The Kier molecular flexibility index (Phi) is 3.80. The minimum Gasteiger partial charge on any atom is -0.481 e. The molecule has 3 rings (SSSR count). The van der Waals surface area contributed by atoms with Crippen molar-refractivity contribution < 1.29 is 19.4 Å². The van der Waals surface area contributed by atoms with E-state index in [0.717, 1.165) is 37.2 Å². The lowest BCUT2D eigenvalue weighted by Crippen LogP contribution is -2.27. The van der Waals surface area contributed by atoms with Crippen molar-refractivity contribution in [2.45, 2.75) is 56.8 Å². The highest BCUT2D eigenvalue weighted by molar-refractivity contribution is 7.99. The Bertz CT molecular complexity index is 347. The van der Waals surface area contributed by atoms with Crippen molar-refractivity contribution >= 4 is 17.7 Å². The molecule has 1 unspecified atom stereocenters. The molecule has 1 aliphatic heterocycles. The van der Waals surface area contributed by atoms with Crippen LogP contribution in [0.25, 0.3) is 0 Å². The molecule has 0 bridgehead atoms. The maximum absolute atomic E-state index is 10.8. The monoisotopic (exact) mass is 286 g/mol. The lowest BCUT2D eigenvalue weighted by molar-refractivity contribution is -0.159. The summed E-state index contributed by atoms with van der Waals surface area (Å²) in [6, 6.07) is 0. The molecule has 0 aromatic carbocycles. The Morgan fingerprint density at radius 2 is 2.00 bits per heavy atom. The van der Waals surface area contributed by atoms with Crippen molar-refractivity contribution in [1.82, 2.24) is 0 Å². The number of aliphatic carboxylic acids is 1. The van der Waals surface area contributed by atoms with E-state index in [4.69, 9.17) is 14.6 Å². The quantitative estimate of drug-likeness (QED) is 0.813. The number of carboxylic acids is 1. The zero-order valence-corrected chi connectivity index (χ0v) is 12.0. The summed E-state index contributed by atoms with van der Waals surface area (Å²) in [7, 11) is 0. The molecule has 108 valence electrons. The molecule has 2 aliphatic carbocycles. The number of ether oxygens (including phenoxy) is 2. The first kappa shape index (κ1) is 13.7. The molecule has 4 nitrogen and oxygen atoms in total. The summed E-state index contributed by atoms with van der Waals surface area (Å²) in [5, 5.41) is 8.89. The van der Waals surface area contributed by atoms with Crippen LogP contribution in [-0.4, -0.2) is 41.1 Å². The number of carboxylic acid groups (broad SMARTS) is 1. The summed E-state index contributed by atoms with van der Waals surface area (Å²) in [6.07, 6.45) is 7.16. The van der Waals surface area contributed by atoms with Crippen LogP contribution in [0.1, 0.15) is 44.9 Å². The molecular formula is C14H22O4S. The molecule has 1 heterocycles. The molecule has 0 amide bonds. The van der Waals surface area contributed by atoms with E-state index in [1.807, 2.05) is 11.8 Å². The van der Waals surface area contributed by atoms with Gasteiger partial charge in [0.15, 0.2) is 5.79 Å². The summed E-state index contributed by atoms with van der Waals surface area (Å²) in [5.74, 6) is 0.960. The first-order valence-electron chi connectivity index (χ1n) is 7.23. The van der Waals surface area contributed by atoms with Crippen LogP contribution < -0.4 is 0 Å². The molecule has 5 heteroatoms. The van der Waals surface area contributed by atoms with Crippen molar-refractivity contribution in [1.29, 1.82) is 0 Å². The molecule has 1 atom stereocenters. The van der Waals surface area contributed by atoms with Gasteiger partial charge in [-0.25, -0.2) is 0 Å². The Morgan fingerprint density at radius 1 is 1.26 bits per heavy atom. The number of carbonyl (C=O) groups is 1. The van der Waals surface area contributed by atoms with Crippen molar-refractivity contribution in [3.63, 3.8) is 0 Å². The lowest BCUT2D eigenvalue weighted by atomic mass is 10.1. The highest BCUT2D eigenvalue weighted by Gasteiger charge is 2.46. The minimum absolute atomic E-state index is 0.0843. The van der Waals surface area contributed by atoms with Crippen LogP contribution in [0.5, 0.6) is 0 Å². The van der Waals surface area contributed by atoms with Crippen molar-refractivity contribution in [3.05, 3.63) is 0 Å². The van der Waals surface area contributed by atoms with Crippen LogP contribution in [0.15, 0.2) is 0 Å². The fraction of sp³-hybridized carbons (Fsp3) is 0.929. The summed E-state index contributed by atoms with van der Waals surface area (Å²) >= 11 is 1.84. The van der Waals surface area contributed by atoms with Crippen LogP contribution in [0.2, 0.25) is 0 Å². The molecule has 2 saturated carbocycles. The third-order valence-electron chi connectivity index (χ3n) is 4.47. The van der Waals surface area contributed by atoms with Gasteiger partial charge in [-0.1, -0.05) is 0 Å². The van der Waals surface area contributed by atoms with Gasteiger partial charge < -0.3 is 14.6 Å². The molecule has 0 aromatic heterocycles. The van der Waals surface area contributed by atoms with E-state index in [1.54, 1.807) is 0 Å². The van der Waals surface area contributed by atoms with Gasteiger partial charge in [0.05, 0.1) is 19.1 Å². The molecule has 0 radical (unpaired) electrons. The Morgan fingerprint density at radius 3 is 2.63 bits per heavy atom. The summed E-state index contributed by atoms with van der Waals surface area (Å²) < 4.78 is 11.9. The molecule has 1 N–H and O–H groups in total. The number of hydrogen-bond donors (Lipinski definition) is 1. The predicted octanol–water partition coefficient (Wildman–Crippen LogP) is 2.66. The third kappa shape index (κ3) is 3.26. The number of thioether (sulfide) groups is 1. The van der Waals surface area contributed by atoms with Gasteiger partial charge in [0.25, 0.3) is 0 Å². The van der Waals surface area contributed by atoms with E-state index in [9.17, 15) is 4.79 Å². The maximum Gasteiger partial charge on any atom is 0.303 e. The van der Waals surface area contributed by atoms with E-state index in [1.165, 1.54) is 12.8 Å². The number of rotatable bonds is 6. The fourth-order valence-corrected chi connectivity index (χ4v) is 4.52. The second-order valence-electron chi connectivity index (χ2n) is 6.25. The van der Waals surface area contributed by atoms with Crippen LogP contribution in [0.3, 0.4) is 0 Å². The maximum atomic E-state index is 10.8. The average molecular weight is 286 g/mol. The third-order valence-corrected chi connectivity index (χ3v) is 5.90. The van der Waals surface area contributed by atoms with Gasteiger partial charge in [-0.05, 0) is 36.9 Å². The number of hydrogen-bond acceptors (Lipinski definition) is 4. The van der Waals surface area contributed by atoms with Gasteiger partial charge in [-0.3, -0.25) is 4.79 Å². The zero-order chi connectivity index (χ0) is 13.3. The largest absolute Gasteiger partial charge is 0.481 e. The zero-order valence-electron chi connectivity index (χ0n) is 11.2. The van der Waals surface area contributed by atoms with Gasteiger partial charge in [0.1, 0.15) is 0 Å². The highest BCUT2D eigenvalue weighted by Crippen LogP contribution is 2.51.